The molecule has 0 radical (unpaired) electrons. The maximum atomic E-state index is 12.2. The summed E-state index contributed by atoms with van der Waals surface area (Å²) in [6.07, 6.45) is 13.3. The van der Waals surface area contributed by atoms with Gasteiger partial charge in [-0.1, -0.05) is 20.8 Å². The molecule has 0 amide bonds. The molecule has 2 nitrogen and oxygen atoms in total. The third-order valence-electron chi connectivity index (χ3n) is 11.8. The van der Waals surface area contributed by atoms with E-state index in [0.717, 1.165) is 66.2 Å². The van der Waals surface area contributed by atoms with Crippen LogP contribution in [-0.4, -0.2) is 29.8 Å². The molecule has 29 heavy (non-hydrogen) atoms. The van der Waals surface area contributed by atoms with Crippen LogP contribution in [0.25, 0.3) is 0 Å². The lowest BCUT2D eigenvalue weighted by Gasteiger charge is -2.56. The highest BCUT2D eigenvalue weighted by Gasteiger charge is 2.60. The van der Waals surface area contributed by atoms with Crippen LogP contribution in [0.2, 0.25) is 0 Å². The van der Waals surface area contributed by atoms with Gasteiger partial charge in [0.15, 0.2) is 0 Å². The standard InChI is InChI=1S/C27H43NO/c1-16-4-9-26-17(2)20-7-8-21-22-6-5-18-12-19(29)10-11-27(18,3)25(22)13-23(21)24(20)15-28(26)14-16/h16-18,20-26H,4-15H2,1-3H3/t16-,17+,18?,20+,21-,22-,23+,24+,25-,26-,27-/m0/s1. The van der Waals surface area contributed by atoms with E-state index in [9.17, 15) is 4.79 Å². The summed E-state index contributed by atoms with van der Waals surface area (Å²) in [6, 6.07) is 0.888. The molecule has 6 rings (SSSR count). The maximum absolute atomic E-state index is 12.2. The lowest BCUT2D eigenvalue weighted by Crippen LogP contribution is -2.58. The van der Waals surface area contributed by atoms with Gasteiger partial charge in [0, 0.05) is 32.0 Å². The molecule has 6 fully saturated rings. The molecular weight excluding hydrogens is 354 g/mol. The highest BCUT2D eigenvalue weighted by Crippen LogP contribution is 2.66. The van der Waals surface area contributed by atoms with Gasteiger partial charge in [-0.25, -0.2) is 0 Å². The van der Waals surface area contributed by atoms with Crippen LogP contribution in [0, 0.1) is 58.7 Å². The Morgan fingerprint density at radius 2 is 1.66 bits per heavy atom. The van der Waals surface area contributed by atoms with Gasteiger partial charge in [-0.05, 0) is 110 Å². The second kappa shape index (κ2) is 6.81. The Morgan fingerprint density at radius 1 is 0.862 bits per heavy atom. The average molecular weight is 398 g/mol. The van der Waals surface area contributed by atoms with Gasteiger partial charge in [-0.2, -0.15) is 0 Å². The first-order valence-corrected chi connectivity index (χ1v) is 13.2. The molecule has 0 bridgehead atoms. The van der Waals surface area contributed by atoms with Crippen LogP contribution < -0.4 is 0 Å². The van der Waals surface area contributed by atoms with Crippen LogP contribution in [0.4, 0.5) is 0 Å². The minimum atomic E-state index is 0.478. The molecule has 4 saturated carbocycles. The molecule has 162 valence electrons. The number of Topliss-reactive ketones (excluding diaryl/α,β-unsaturated/α-hetero) is 1. The second-order valence-electron chi connectivity index (χ2n) is 12.8. The topological polar surface area (TPSA) is 20.3 Å². The summed E-state index contributed by atoms with van der Waals surface area (Å²) in [5.41, 5.74) is 0.478. The molecule has 2 heterocycles. The van der Waals surface area contributed by atoms with E-state index in [-0.39, 0.29) is 0 Å². The minimum Gasteiger partial charge on any atom is -0.300 e. The molecule has 11 atom stereocenters. The quantitative estimate of drug-likeness (QED) is 0.515. The maximum Gasteiger partial charge on any atom is 0.133 e. The van der Waals surface area contributed by atoms with Crippen molar-refractivity contribution in [2.24, 2.45) is 58.7 Å². The number of carbonyl (C=O) groups is 1. The predicted octanol–water partition coefficient (Wildman–Crippen LogP) is 5.80. The summed E-state index contributed by atoms with van der Waals surface area (Å²) >= 11 is 0. The SMILES string of the molecule is C[C@H]1CC[C@H]2[C@H](C)[C@H]3CC[C@@H]4[C@@H](C[C@H]5[C@H]4CCC4CC(=O)CC[C@@]45C)[C@@H]3CN2C1. The fraction of sp³-hybridized carbons (Fsp3) is 0.963. The average Bonchev–Trinajstić information content (AvgIpc) is 3.09. The molecule has 2 heteroatoms. The molecule has 2 aliphatic heterocycles. The van der Waals surface area contributed by atoms with Crippen molar-refractivity contribution < 1.29 is 4.79 Å². The number of hydrogen-bond donors (Lipinski definition) is 0. The summed E-state index contributed by atoms with van der Waals surface area (Å²) in [7, 11) is 0. The highest BCUT2D eigenvalue weighted by molar-refractivity contribution is 5.79. The normalized spacial score (nSPS) is 57.3. The molecule has 0 aromatic heterocycles. The molecule has 2 saturated heterocycles. The van der Waals surface area contributed by atoms with Crippen LogP contribution in [0.15, 0.2) is 0 Å². The first kappa shape index (κ1) is 19.3. The van der Waals surface area contributed by atoms with E-state index >= 15 is 0 Å². The summed E-state index contributed by atoms with van der Waals surface area (Å²) in [6.45, 7) is 10.5. The largest absolute Gasteiger partial charge is 0.300 e. The van der Waals surface area contributed by atoms with Crippen molar-refractivity contribution in [3.8, 4) is 0 Å². The molecule has 1 unspecified atom stereocenters. The highest BCUT2D eigenvalue weighted by atomic mass is 16.1. The van der Waals surface area contributed by atoms with E-state index in [2.05, 4.69) is 25.7 Å². The van der Waals surface area contributed by atoms with Crippen LogP contribution in [0.1, 0.15) is 85.0 Å². The van der Waals surface area contributed by atoms with Crippen LogP contribution >= 0.6 is 0 Å². The lowest BCUT2D eigenvalue weighted by atomic mass is 9.52. The van der Waals surface area contributed by atoms with Gasteiger partial charge in [-0.3, -0.25) is 9.69 Å². The Hall–Kier alpha value is -0.370. The number of fused-ring (bicyclic) bond motifs is 8. The van der Waals surface area contributed by atoms with E-state index in [1.807, 2.05) is 0 Å². The van der Waals surface area contributed by atoms with Crippen molar-refractivity contribution >= 4 is 5.78 Å². The van der Waals surface area contributed by atoms with Gasteiger partial charge in [0.1, 0.15) is 5.78 Å². The number of hydrogen-bond acceptors (Lipinski definition) is 2. The Morgan fingerprint density at radius 3 is 2.52 bits per heavy atom. The zero-order valence-corrected chi connectivity index (χ0v) is 19.1. The molecule has 4 aliphatic carbocycles. The Balaban J connectivity index is 1.27. The first-order valence-electron chi connectivity index (χ1n) is 13.2. The van der Waals surface area contributed by atoms with Crippen molar-refractivity contribution in [1.29, 1.82) is 0 Å². The van der Waals surface area contributed by atoms with Crippen molar-refractivity contribution in [2.45, 2.75) is 91.0 Å². The fourth-order valence-corrected chi connectivity index (χ4v) is 10.4. The van der Waals surface area contributed by atoms with E-state index < -0.39 is 0 Å². The van der Waals surface area contributed by atoms with Gasteiger partial charge in [-0.15, -0.1) is 0 Å². The van der Waals surface area contributed by atoms with Crippen molar-refractivity contribution in [3.63, 3.8) is 0 Å². The number of rotatable bonds is 0. The van der Waals surface area contributed by atoms with Crippen LogP contribution in [0.5, 0.6) is 0 Å². The van der Waals surface area contributed by atoms with Crippen molar-refractivity contribution in [1.82, 2.24) is 4.90 Å². The Bertz CT molecular complexity index is 671. The Labute approximate surface area is 178 Å². The monoisotopic (exact) mass is 397 g/mol. The summed E-state index contributed by atoms with van der Waals surface area (Å²) in [5, 5.41) is 0. The molecule has 6 aliphatic rings. The van der Waals surface area contributed by atoms with E-state index in [1.54, 1.807) is 0 Å². The summed E-state index contributed by atoms with van der Waals surface area (Å²) < 4.78 is 0. The summed E-state index contributed by atoms with van der Waals surface area (Å²) in [5.74, 6) is 9.00. The van der Waals surface area contributed by atoms with Gasteiger partial charge >= 0.3 is 0 Å². The fourth-order valence-electron chi connectivity index (χ4n) is 10.4. The van der Waals surface area contributed by atoms with Gasteiger partial charge in [0.05, 0.1) is 0 Å². The van der Waals surface area contributed by atoms with Crippen LogP contribution in [-0.2, 0) is 4.79 Å². The summed E-state index contributed by atoms with van der Waals surface area (Å²) in [4.78, 5) is 15.1. The number of nitrogens with zero attached hydrogens (tertiary/aromatic N) is 1. The zero-order valence-electron chi connectivity index (χ0n) is 19.1. The third kappa shape index (κ3) is 2.79. The van der Waals surface area contributed by atoms with E-state index in [4.69, 9.17) is 0 Å². The Kier molecular flexibility index (Phi) is 4.54. The van der Waals surface area contributed by atoms with E-state index in [1.165, 1.54) is 64.5 Å². The smallest absolute Gasteiger partial charge is 0.133 e. The number of carbonyl (C=O) groups excluding carboxylic acids is 1. The molecule has 0 aromatic rings. The lowest BCUT2D eigenvalue weighted by molar-refractivity contribution is -0.129. The third-order valence-corrected chi connectivity index (χ3v) is 11.8. The van der Waals surface area contributed by atoms with E-state index in [0.29, 0.717) is 17.1 Å². The number of piperidine rings is 2. The van der Waals surface area contributed by atoms with Crippen LogP contribution in [0.3, 0.4) is 0 Å². The van der Waals surface area contributed by atoms with Gasteiger partial charge in [0.25, 0.3) is 0 Å². The molecule has 0 aromatic carbocycles. The predicted molar refractivity (Wildman–Crippen MR) is 117 cm³/mol. The molecule has 0 spiro atoms. The van der Waals surface area contributed by atoms with Crippen molar-refractivity contribution in [2.75, 3.05) is 13.1 Å². The molecular formula is C27H43NO. The van der Waals surface area contributed by atoms with Gasteiger partial charge < -0.3 is 0 Å². The molecule has 0 N–H and O–H groups in total. The van der Waals surface area contributed by atoms with Gasteiger partial charge in [0.2, 0.25) is 0 Å². The van der Waals surface area contributed by atoms with Crippen molar-refractivity contribution in [3.05, 3.63) is 0 Å². The first-order chi connectivity index (χ1) is 14.0. The minimum absolute atomic E-state index is 0.478. The zero-order chi connectivity index (χ0) is 19.9. The second-order valence-corrected chi connectivity index (χ2v) is 12.8. The number of ketones is 1.